The number of amides is 1. The first kappa shape index (κ1) is 16.0. The monoisotopic (exact) mass is 349 g/mol. The maximum absolute atomic E-state index is 11.8. The van der Waals surface area contributed by atoms with Crippen LogP contribution in [0, 0.1) is 11.3 Å². The minimum Gasteiger partial charge on any atom is -0.312 e. The van der Waals surface area contributed by atoms with Crippen molar-refractivity contribution in [2.45, 2.75) is 38.5 Å². The molecule has 2 aliphatic rings. The molecule has 4 nitrogen and oxygen atoms in total. The van der Waals surface area contributed by atoms with E-state index in [1.54, 1.807) is 0 Å². The molecule has 0 unspecified atom stereocenters. The van der Waals surface area contributed by atoms with Crippen LogP contribution in [-0.4, -0.2) is 17.4 Å². The van der Waals surface area contributed by atoms with Gasteiger partial charge in [-0.2, -0.15) is 5.26 Å². The van der Waals surface area contributed by atoms with E-state index in [0.29, 0.717) is 6.42 Å². The summed E-state index contributed by atoms with van der Waals surface area (Å²) in [7, 11) is 0. The van der Waals surface area contributed by atoms with Crippen molar-refractivity contribution in [3.63, 3.8) is 0 Å². The zero-order valence-electron chi connectivity index (χ0n) is 14.0. The van der Waals surface area contributed by atoms with Gasteiger partial charge in [0, 0.05) is 29.6 Å². The van der Waals surface area contributed by atoms with Crippen molar-refractivity contribution < 1.29 is 4.79 Å². The van der Waals surface area contributed by atoms with Gasteiger partial charge in [-0.15, -0.1) is 11.3 Å². The van der Waals surface area contributed by atoms with Crippen molar-refractivity contribution in [3.8, 4) is 17.3 Å². The summed E-state index contributed by atoms with van der Waals surface area (Å²) in [6, 6.07) is 10.3. The summed E-state index contributed by atoms with van der Waals surface area (Å²) in [5.41, 5.74) is 4.89. The lowest BCUT2D eigenvalue weighted by molar-refractivity contribution is -0.117. The van der Waals surface area contributed by atoms with E-state index in [9.17, 15) is 10.1 Å². The quantitative estimate of drug-likeness (QED) is 0.749. The van der Waals surface area contributed by atoms with Crippen LogP contribution in [0.3, 0.4) is 0 Å². The minimum absolute atomic E-state index is 0.200. The highest BCUT2D eigenvalue weighted by Gasteiger charge is 2.22. The molecule has 0 N–H and O–H groups in total. The number of hydrogen-bond acceptors (Lipinski definition) is 4. The Balaban J connectivity index is 1.59. The predicted octanol–water partition coefficient (Wildman–Crippen LogP) is 4.79. The van der Waals surface area contributed by atoms with Crippen LogP contribution in [0.5, 0.6) is 0 Å². The predicted molar refractivity (Wildman–Crippen MR) is 100 cm³/mol. The number of rotatable bonds is 3. The molecule has 2 aromatic rings. The van der Waals surface area contributed by atoms with Gasteiger partial charge in [0.2, 0.25) is 5.91 Å². The lowest BCUT2D eigenvalue weighted by Gasteiger charge is -2.15. The van der Waals surface area contributed by atoms with Gasteiger partial charge in [0.15, 0.2) is 0 Å². The topological polar surface area (TPSA) is 57.0 Å². The first-order chi connectivity index (χ1) is 12.3. The summed E-state index contributed by atoms with van der Waals surface area (Å²) in [6.45, 7) is 0.804. The molecule has 0 atom stereocenters. The highest BCUT2D eigenvalue weighted by molar-refractivity contribution is 7.11. The van der Waals surface area contributed by atoms with Crippen LogP contribution in [0.1, 0.15) is 43.5 Å². The molecular weight excluding hydrogens is 330 g/mol. The molecule has 5 heteroatoms. The van der Waals surface area contributed by atoms with Gasteiger partial charge in [0.1, 0.15) is 11.1 Å². The molecule has 2 heterocycles. The first-order valence-corrected chi connectivity index (χ1v) is 9.63. The zero-order chi connectivity index (χ0) is 17.2. The number of nitriles is 1. The molecule has 126 valence electrons. The van der Waals surface area contributed by atoms with Crippen LogP contribution in [0.25, 0.3) is 16.8 Å². The van der Waals surface area contributed by atoms with E-state index in [1.807, 2.05) is 34.5 Å². The third-order valence-electron chi connectivity index (χ3n) is 4.94. The first-order valence-electron chi connectivity index (χ1n) is 8.75. The molecule has 1 aromatic carbocycles. The maximum Gasteiger partial charge on any atom is 0.227 e. The van der Waals surface area contributed by atoms with E-state index in [1.165, 1.54) is 29.8 Å². The fourth-order valence-corrected chi connectivity index (χ4v) is 4.46. The Morgan fingerprint density at radius 3 is 2.52 bits per heavy atom. The third-order valence-corrected chi connectivity index (χ3v) is 5.80. The molecule has 1 saturated carbocycles. The van der Waals surface area contributed by atoms with Gasteiger partial charge in [-0.05, 0) is 49.8 Å². The molecular formula is C20H19N3OS. The van der Waals surface area contributed by atoms with Crippen molar-refractivity contribution in [2.24, 2.45) is 0 Å². The summed E-state index contributed by atoms with van der Waals surface area (Å²) >= 11 is 1.54. The summed E-state index contributed by atoms with van der Waals surface area (Å²) in [4.78, 5) is 18.4. The molecule has 2 fully saturated rings. The van der Waals surface area contributed by atoms with Crippen molar-refractivity contribution in [3.05, 3.63) is 40.2 Å². The second kappa shape index (κ2) is 6.81. The molecule has 0 radical (unpaired) electrons. The number of benzene rings is 1. The maximum atomic E-state index is 11.8. The van der Waals surface area contributed by atoms with E-state index < -0.39 is 0 Å². The van der Waals surface area contributed by atoms with Gasteiger partial charge >= 0.3 is 0 Å². The van der Waals surface area contributed by atoms with E-state index in [0.717, 1.165) is 53.3 Å². The second-order valence-electron chi connectivity index (χ2n) is 6.53. The van der Waals surface area contributed by atoms with Gasteiger partial charge in [-0.25, -0.2) is 4.98 Å². The van der Waals surface area contributed by atoms with Crippen LogP contribution in [0.2, 0.25) is 0 Å². The van der Waals surface area contributed by atoms with Crippen molar-refractivity contribution in [2.75, 3.05) is 11.4 Å². The average molecular weight is 349 g/mol. The van der Waals surface area contributed by atoms with Crippen LogP contribution in [-0.2, 0) is 4.79 Å². The van der Waals surface area contributed by atoms with Crippen molar-refractivity contribution >= 4 is 28.5 Å². The summed E-state index contributed by atoms with van der Waals surface area (Å²) in [5, 5.41) is 12.4. The lowest BCUT2D eigenvalue weighted by Crippen LogP contribution is -2.23. The lowest BCUT2D eigenvalue weighted by atomic mass is 10.1. The van der Waals surface area contributed by atoms with Gasteiger partial charge in [-0.3, -0.25) is 4.79 Å². The Labute approximate surface area is 151 Å². The SMILES string of the molecule is N#CC(=C1CCCC1)c1nc(-c2ccc(N3CCCC3=O)cc2)cs1. The smallest absolute Gasteiger partial charge is 0.227 e. The Morgan fingerprint density at radius 1 is 1.12 bits per heavy atom. The van der Waals surface area contributed by atoms with E-state index in [2.05, 4.69) is 6.07 Å². The van der Waals surface area contributed by atoms with E-state index in [-0.39, 0.29) is 5.91 Å². The Morgan fingerprint density at radius 2 is 1.88 bits per heavy atom. The Bertz CT molecular complexity index is 865. The molecule has 1 aliphatic carbocycles. The Hall–Kier alpha value is -2.45. The second-order valence-corrected chi connectivity index (χ2v) is 7.39. The number of allylic oxidation sites excluding steroid dienone is 2. The molecule has 1 aromatic heterocycles. The van der Waals surface area contributed by atoms with Gasteiger partial charge in [-0.1, -0.05) is 12.1 Å². The summed E-state index contributed by atoms with van der Waals surface area (Å²) in [6.07, 6.45) is 5.97. The van der Waals surface area contributed by atoms with Crippen LogP contribution in [0.15, 0.2) is 35.2 Å². The average Bonchev–Trinajstić information content (AvgIpc) is 3.38. The molecule has 4 rings (SSSR count). The molecule has 0 bridgehead atoms. The number of anilines is 1. The van der Waals surface area contributed by atoms with Crippen LogP contribution >= 0.6 is 11.3 Å². The van der Waals surface area contributed by atoms with Crippen LogP contribution in [0.4, 0.5) is 5.69 Å². The summed E-state index contributed by atoms with van der Waals surface area (Å²) in [5.74, 6) is 0.200. The van der Waals surface area contributed by atoms with Gasteiger partial charge in [0.25, 0.3) is 0 Å². The fraction of sp³-hybridized carbons (Fsp3) is 0.350. The summed E-state index contributed by atoms with van der Waals surface area (Å²) < 4.78 is 0. The normalized spacial score (nSPS) is 17.2. The highest BCUT2D eigenvalue weighted by atomic mass is 32.1. The molecule has 25 heavy (non-hydrogen) atoms. The number of carbonyl (C=O) groups excluding carboxylic acids is 1. The fourth-order valence-electron chi connectivity index (χ4n) is 3.58. The molecule has 1 saturated heterocycles. The number of thiazole rings is 1. The van der Waals surface area contributed by atoms with Crippen molar-refractivity contribution in [1.82, 2.24) is 4.98 Å². The number of hydrogen-bond donors (Lipinski definition) is 0. The largest absolute Gasteiger partial charge is 0.312 e. The van der Waals surface area contributed by atoms with E-state index in [4.69, 9.17) is 4.98 Å². The number of carbonyl (C=O) groups is 1. The third kappa shape index (κ3) is 3.10. The Kier molecular flexibility index (Phi) is 4.37. The standard InChI is InChI=1S/C20H19N3OS/c21-12-17(14-4-1-2-5-14)20-22-18(13-25-20)15-7-9-16(10-8-15)23-11-3-6-19(23)24/h7-10,13H,1-6,11H2. The van der Waals surface area contributed by atoms with E-state index >= 15 is 0 Å². The van der Waals surface area contributed by atoms with Crippen molar-refractivity contribution in [1.29, 1.82) is 5.26 Å². The highest BCUT2D eigenvalue weighted by Crippen LogP contribution is 2.34. The van der Waals surface area contributed by atoms with Gasteiger partial charge < -0.3 is 4.90 Å². The number of aromatic nitrogens is 1. The minimum atomic E-state index is 0.200. The number of nitrogens with zero attached hydrogens (tertiary/aromatic N) is 3. The van der Waals surface area contributed by atoms with Gasteiger partial charge in [0.05, 0.1) is 11.3 Å². The molecule has 0 spiro atoms. The molecule has 1 amide bonds. The molecule has 1 aliphatic heterocycles. The van der Waals surface area contributed by atoms with Crippen LogP contribution < -0.4 is 4.90 Å². The zero-order valence-corrected chi connectivity index (χ0v) is 14.8.